The monoisotopic (exact) mass is 298 g/mol. The van der Waals surface area contributed by atoms with Crippen LogP contribution in [0.4, 0.5) is 19.0 Å². The van der Waals surface area contributed by atoms with Gasteiger partial charge in [0.15, 0.2) is 0 Å². The van der Waals surface area contributed by atoms with Gasteiger partial charge in [-0.05, 0) is 18.6 Å². The molecule has 21 heavy (non-hydrogen) atoms. The molecule has 1 saturated heterocycles. The molecule has 1 atom stereocenters. The van der Waals surface area contributed by atoms with Crippen molar-refractivity contribution >= 4 is 11.7 Å². The van der Waals surface area contributed by atoms with E-state index in [1.54, 1.807) is 4.90 Å². The summed E-state index contributed by atoms with van der Waals surface area (Å²) in [7, 11) is 0. The number of hydrogen-bond donors (Lipinski definition) is 1. The molecule has 0 radical (unpaired) electrons. The maximum atomic E-state index is 12.7. The van der Waals surface area contributed by atoms with Crippen LogP contribution in [0, 0.1) is 11.3 Å². The zero-order chi connectivity index (χ0) is 15.6. The first-order chi connectivity index (χ1) is 9.81. The van der Waals surface area contributed by atoms with Crippen molar-refractivity contribution < 1.29 is 18.0 Å². The van der Waals surface area contributed by atoms with Crippen molar-refractivity contribution in [2.24, 2.45) is 0 Å². The van der Waals surface area contributed by atoms with Crippen LogP contribution in [0.2, 0.25) is 0 Å². The average molecular weight is 298 g/mol. The predicted octanol–water partition coefficient (Wildman–Crippen LogP) is 1.69. The number of nitrogens with zero attached hydrogens (tertiary/aromatic N) is 3. The van der Waals surface area contributed by atoms with Gasteiger partial charge in [0.05, 0.1) is 5.56 Å². The zero-order valence-corrected chi connectivity index (χ0v) is 11.2. The normalized spacial score (nSPS) is 18.4. The highest BCUT2D eigenvalue weighted by molar-refractivity contribution is 5.73. The Morgan fingerprint density at radius 2 is 2.24 bits per heavy atom. The van der Waals surface area contributed by atoms with E-state index >= 15 is 0 Å². The molecule has 2 heterocycles. The molecule has 5 nitrogen and oxygen atoms in total. The minimum Gasteiger partial charge on any atom is -0.353 e. The van der Waals surface area contributed by atoms with Crippen LogP contribution in [-0.4, -0.2) is 30.0 Å². The molecule has 1 aliphatic heterocycles. The number of carbonyl (C=O) groups excluding carboxylic acids is 1. The summed E-state index contributed by atoms with van der Waals surface area (Å²) in [4.78, 5) is 16.2. The Morgan fingerprint density at radius 1 is 1.52 bits per heavy atom. The van der Waals surface area contributed by atoms with E-state index in [4.69, 9.17) is 5.26 Å². The van der Waals surface area contributed by atoms with Gasteiger partial charge in [0.25, 0.3) is 0 Å². The second-order valence-electron chi connectivity index (χ2n) is 4.81. The molecule has 0 saturated carbocycles. The van der Waals surface area contributed by atoms with E-state index in [1.807, 2.05) is 6.07 Å². The first kappa shape index (κ1) is 15.1. The number of alkyl halides is 3. The van der Waals surface area contributed by atoms with Gasteiger partial charge in [0.2, 0.25) is 5.91 Å². The van der Waals surface area contributed by atoms with Crippen LogP contribution in [0.3, 0.4) is 0 Å². The van der Waals surface area contributed by atoms with E-state index in [9.17, 15) is 18.0 Å². The molecule has 1 fully saturated rings. The Morgan fingerprint density at radius 3 is 2.81 bits per heavy atom. The average Bonchev–Trinajstić information content (AvgIpc) is 2.84. The molecule has 1 amide bonds. The smallest absolute Gasteiger partial charge is 0.353 e. The quantitative estimate of drug-likeness (QED) is 0.902. The Hall–Kier alpha value is -2.30. The lowest BCUT2D eigenvalue weighted by Gasteiger charge is -2.20. The lowest BCUT2D eigenvalue weighted by Crippen LogP contribution is -2.36. The number of hydrogen-bond acceptors (Lipinski definition) is 4. The number of anilines is 1. The molecule has 0 aliphatic carbocycles. The molecule has 112 valence electrons. The fourth-order valence-electron chi connectivity index (χ4n) is 2.29. The highest BCUT2D eigenvalue weighted by atomic mass is 19.4. The Balaban J connectivity index is 2.27. The standard InChI is InChI=1S/C13H13F3N4O/c1-8(21)18-10-4-5-20(7-10)12-9(6-17)2-3-11(19-12)13(14,15)16/h2-3,10H,4-5,7H2,1H3,(H,18,21). The summed E-state index contributed by atoms with van der Waals surface area (Å²) in [6, 6.07) is 3.62. The van der Waals surface area contributed by atoms with Crippen molar-refractivity contribution in [1.82, 2.24) is 10.3 Å². The number of carbonyl (C=O) groups is 1. The Bertz CT molecular complexity index is 594. The molecule has 8 heteroatoms. The number of aromatic nitrogens is 1. The molecule has 0 spiro atoms. The third-order valence-electron chi connectivity index (χ3n) is 3.18. The maximum Gasteiger partial charge on any atom is 0.433 e. The van der Waals surface area contributed by atoms with Crippen LogP contribution < -0.4 is 10.2 Å². The number of nitrogens with one attached hydrogen (secondary N) is 1. The van der Waals surface area contributed by atoms with E-state index in [0.29, 0.717) is 19.5 Å². The predicted molar refractivity (Wildman–Crippen MR) is 68.4 cm³/mol. The van der Waals surface area contributed by atoms with Gasteiger partial charge in [-0.25, -0.2) is 4.98 Å². The third kappa shape index (κ3) is 3.42. The molecular formula is C13H13F3N4O. The minimum atomic E-state index is -4.56. The minimum absolute atomic E-state index is 0.0141. The summed E-state index contributed by atoms with van der Waals surface area (Å²) in [5.41, 5.74) is -0.939. The summed E-state index contributed by atoms with van der Waals surface area (Å²) < 4.78 is 38.2. The zero-order valence-electron chi connectivity index (χ0n) is 11.2. The van der Waals surface area contributed by atoms with Crippen LogP contribution in [0.5, 0.6) is 0 Å². The summed E-state index contributed by atoms with van der Waals surface area (Å²) in [6.07, 6.45) is -3.96. The Kier molecular flexibility index (Phi) is 4.02. The molecule has 0 aromatic carbocycles. The first-order valence-electron chi connectivity index (χ1n) is 6.31. The van der Waals surface area contributed by atoms with E-state index in [-0.39, 0.29) is 23.3 Å². The van der Waals surface area contributed by atoms with Gasteiger partial charge in [0.1, 0.15) is 17.6 Å². The van der Waals surface area contributed by atoms with E-state index < -0.39 is 11.9 Å². The number of rotatable bonds is 2. The van der Waals surface area contributed by atoms with Crippen LogP contribution >= 0.6 is 0 Å². The van der Waals surface area contributed by atoms with Gasteiger partial charge < -0.3 is 10.2 Å². The van der Waals surface area contributed by atoms with Crippen molar-refractivity contribution in [1.29, 1.82) is 5.26 Å². The van der Waals surface area contributed by atoms with E-state index in [2.05, 4.69) is 10.3 Å². The highest BCUT2D eigenvalue weighted by Gasteiger charge is 2.34. The topological polar surface area (TPSA) is 69.0 Å². The SMILES string of the molecule is CC(=O)NC1CCN(c2nc(C(F)(F)F)ccc2C#N)C1. The molecule has 1 unspecified atom stereocenters. The fourth-order valence-corrected chi connectivity index (χ4v) is 2.29. The molecular weight excluding hydrogens is 285 g/mol. The van der Waals surface area contributed by atoms with Crippen LogP contribution in [0.1, 0.15) is 24.6 Å². The summed E-state index contributed by atoms with van der Waals surface area (Å²) in [5, 5.41) is 11.7. The molecule has 1 aromatic rings. The van der Waals surface area contributed by atoms with Gasteiger partial charge in [-0.3, -0.25) is 4.79 Å². The van der Waals surface area contributed by atoms with Gasteiger partial charge in [0, 0.05) is 26.1 Å². The van der Waals surface area contributed by atoms with Crippen LogP contribution in [0.25, 0.3) is 0 Å². The van der Waals surface area contributed by atoms with E-state index in [0.717, 1.165) is 12.1 Å². The molecule has 1 aromatic heterocycles. The second kappa shape index (κ2) is 5.60. The van der Waals surface area contributed by atoms with Gasteiger partial charge in [-0.1, -0.05) is 0 Å². The number of nitriles is 1. The van der Waals surface area contributed by atoms with Crippen LogP contribution in [-0.2, 0) is 11.0 Å². The first-order valence-corrected chi connectivity index (χ1v) is 6.31. The van der Waals surface area contributed by atoms with Crippen molar-refractivity contribution in [3.63, 3.8) is 0 Å². The third-order valence-corrected chi connectivity index (χ3v) is 3.18. The number of amides is 1. The molecule has 1 aliphatic rings. The van der Waals surface area contributed by atoms with Crippen molar-refractivity contribution in [2.75, 3.05) is 18.0 Å². The van der Waals surface area contributed by atoms with E-state index in [1.165, 1.54) is 6.92 Å². The lowest BCUT2D eigenvalue weighted by molar-refractivity contribution is -0.141. The van der Waals surface area contributed by atoms with Crippen LogP contribution in [0.15, 0.2) is 12.1 Å². The largest absolute Gasteiger partial charge is 0.433 e. The molecule has 0 bridgehead atoms. The highest BCUT2D eigenvalue weighted by Crippen LogP contribution is 2.31. The van der Waals surface area contributed by atoms with Gasteiger partial charge >= 0.3 is 6.18 Å². The fraction of sp³-hybridized carbons (Fsp3) is 0.462. The number of halogens is 3. The molecule has 1 N–H and O–H groups in total. The summed E-state index contributed by atoms with van der Waals surface area (Å²) in [5.74, 6) is -0.181. The molecule has 2 rings (SSSR count). The van der Waals surface area contributed by atoms with Crippen molar-refractivity contribution in [3.8, 4) is 6.07 Å². The summed E-state index contributed by atoms with van der Waals surface area (Å²) >= 11 is 0. The maximum absolute atomic E-state index is 12.7. The van der Waals surface area contributed by atoms with Crippen molar-refractivity contribution in [3.05, 3.63) is 23.4 Å². The van der Waals surface area contributed by atoms with Gasteiger partial charge in [-0.2, -0.15) is 18.4 Å². The Labute approximate surface area is 119 Å². The van der Waals surface area contributed by atoms with Gasteiger partial charge in [-0.15, -0.1) is 0 Å². The number of pyridine rings is 1. The lowest BCUT2D eigenvalue weighted by atomic mass is 10.2. The summed E-state index contributed by atoms with van der Waals surface area (Å²) in [6.45, 7) is 2.16. The second-order valence-corrected chi connectivity index (χ2v) is 4.81. The van der Waals surface area contributed by atoms with Crippen molar-refractivity contribution in [2.45, 2.75) is 25.6 Å².